The number of hydrogen-bond donors (Lipinski definition) is 5. The van der Waals surface area contributed by atoms with E-state index >= 15 is 0 Å². The van der Waals surface area contributed by atoms with Crippen molar-refractivity contribution in [2.45, 2.75) is 44.6 Å². The Kier molecular flexibility index (Phi) is 8.18. The smallest absolute Gasteiger partial charge is 0.352 e. The molecule has 1 saturated heterocycles. The highest BCUT2D eigenvalue weighted by Gasteiger charge is 2.46. The van der Waals surface area contributed by atoms with Crippen molar-refractivity contribution in [3.63, 3.8) is 0 Å². The van der Waals surface area contributed by atoms with Gasteiger partial charge in [-0.3, -0.25) is 18.9 Å². The normalized spacial score (nSPS) is 25.6. The van der Waals surface area contributed by atoms with Crippen LogP contribution in [-0.4, -0.2) is 41.3 Å². The Bertz CT molecular complexity index is 1080. The molecule has 18 heteroatoms. The van der Waals surface area contributed by atoms with Gasteiger partial charge in [-0.05, 0) is 19.8 Å². The lowest BCUT2D eigenvalue weighted by Gasteiger charge is -2.23. The maximum atomic E-state index is 12.2. The van der Waals surface area contributed by atoms with E-state index in [0.29, 0.717) is 12.8 Å². The molecule has 176 valence electrons. The van der Waals surface area contributed by atoms with Crippen LogP contribution in [0, 0.1) is 6.92 Å². The Balaban J connectivity index is 2.31. The number of allylic oxidation sites excluding steroid dienone is 1. The number of rotatable bonds is 10. The number of nitrogens with zero attached hydrogens (tertiary/aromatic N) is 1. The zero-order valence-corrected chi connectivity index (χ0v) is 18.7. The van der Waals surface area contributed by atoms with Gasteiger partial charge in [0.05, 0.1) is 6.10 Å². The van der Waals surface area contributed by atoms with Crippen LogP contribution in [0.2, 0.25) is 0 Å². The average Bonchev–Trinajstić information content (AvgIpc) is 2.94. The number of H-pyrrole nitrogens is 1. The molecule has 0 aromatic carbocycles. The van der Waals surface area contributed by atoms with Crippen molar-refractivity contribution < 1.29 is 51.2 Å². The van der Waals surface area contributed by atoms with Gasteiger partial charge in [0, 0.05) is 18.2 Å². The minimum Gasteiger partial charge on any atom is -0.352 e. The van der Waals surface area contributed by atoms with E-state index < -0.39 is 53.2 Å². The van der Waals surface area contributed by atoms with Crippen molar-refractivity contribution in [3.8, 4) is 0 Å². The van der Waals surface area contributed by atoms with E-state index in [-0.39, 0.29) is 12.0 Å². The molecule has 0 radical (unpaired) electrons. The lowest BCUT2D eigenvalue weighted by atomic mass is 10.1. The molecular weight excluding hydrogens is 485 g/mol. The van der Waals surface area contributed by atoms with E-state index in [1.165, 1.54) is 6.92 Å². The molecule has 2 heterocycles. The van der Waals surface area contributed by atoms with E-state index in [0.717, 1.165) is 10.8 Å². The standard InChI is InChI=1S/C13H21N2O13P3/c1-3-4-5-9-6-10(12(25-9)15-7-8(2)11(16)14-13(15)17)26-30(21,22)28-31(23,24)27-29(18,19)20/h3,7,9-10,12H,1,4-6H2,2H3,(H,21,22)(H,23,24)(H,14,16,17)(H2,18,19,20)/t9-,10?,12-/m1/s1. The van der Waals surface area contributed by atoms with Crippen LogP contribution in [0.5, 0.6) is 0 Å². The van der Waals surface area contributed by atoms with E-state index in [9.17, 15) is 33.1 Å². The fraction of sp³-hybridized carbons (Fsp3) is 0.538. The molecule has 0 bridgehead atoms. The molecule has 0 amide bonds. The maximum Gasteiger partial charge on any atom is 0.490 e. The molecule has 0 aliphatic carbocycles. The first-order chi connectivity index (χ1) is 14.1. The molecule has 0 spiro atoms. The zero-order valence-electron chi connectivity index (χ0n) is 16.0. The fourth-order valence-electron chi connectivity index (χ4n) is 2.79. The third kappa shape index (κ3) is 7.70. The van der Waals surface area contributed by atoms with Crippen molar-refractivity contribution in [1.82, 2.24) is 9.55 Å². The van der Waals surface area contributed by atoms with Crippen molar-refractivity contribution in [3.05, 3.63) is 45.3 Å². The predicted molar refractivity (Wildman–Crippen MR) is 103 cm³/mol. The second-order valence-corrected chi connectivity index (χ2v) is 10.8. The average molecular weight is 506 g/mol. The van der Waals surface area contributed by atoms with Gasteiger partial charge in [-0.1, -0.05) is 6.08 Å². The lowest BCUT2D eigenvalue weighted by molar-refractivity contribution is -0.0404. The van der Waals surface area contributed by atoms with Gasteiger partial charge >= 0.3 is 29.2 Å². The van der Waals surface area contributed by atoms with E-state index in [1.807, 2.05) is 4.98 Å². The van der Waals surface area contributed by atoms with Crippen LogP contribution in [0.25, 0.3) is 0 Å². The first-order valence-corrected chi connectivity index (χ1v) is 13.1. The highest BCUT2D eigenvalue weighted by atomic mass is 31.3. The van der Waals surface area contributed by atoms with Gasteiger partial charge in [-0.25, -0.2) is 18.5 Å². The molecule has 1 aromatic rings. The monoisotopic (exact) mass is 506 g/mol. The molecule has 5 N–H and O–H groups in total. The third-order valence-electron chi connectivity index (χ3n) is 3.94. The number of hydrogen-bond acceptors (Lipinski definition) is 9. The molecule has 3 unspecified atom stereocenters. The van der Waals surface area contributed by atoms with Crippen LogP contribution >= 0.6 is 23.5 Å². The molecular formula is C13H21N2O13P3. The van der Waals surface area contributed by atoms with Gasteiger partial charge in [0.1, 0.15) is 6.10 Å². The Morgan fingerprint density at radius 2 is 1.87 bits per heavy atom. The van der Waals surface area contributed by atoms with Gasteiger partial charge in [0.2, 0.25) is 0 Å². The quantitative estimate of drug-likeness (QED) is 0.219. The number of phosphoric ester groups is 1. The first kappa shape index (κ1) is 26.0. The Morgan fingerprint density at radius 3 is 2.45 bits per heavy atom. The Hall–Kier alpha value is -1.21. The second-order valence-electron chi connectivity index (χ2n) is 6.46. The third-order valence-corrected chi connectivity index (χ3v) is 7.81. The summed E-state index contributed by atoms with van der Waals surface area (Å²) in [6.07, 6.45) is 0.170. The summed E-state index contributed by atoms with van der Waals surface area (Å²) in [4.78, 5) is 62.1. The number of aryl methyl sites for hydroxylation is 1. The molecule has 1 aromatic heterocycles. The first-order valence-electron chi connectivity index (χ1n) is 8.53. The van der Waals surface area contributed by atoms with Gasteiger partial charge in [-0.2, -0.15) is 8.62 Å². The van der Waals surface area contributed by atoms with Crippen molar-refractivity contribution in [1.29, 1.82) is 0 Å². The summed E-state index contributed by atoms with van der Waals surface area (Å²) >= 11 is 0. The van der Waals surface area contributed by atoms with E-state index in [2.05, 4.69) is 15.2 Å². The molecule has 0 saturated carbocycles. The second kappa shape index (κ2) is 9.74. The van der Waals surface area contributed by atoms with Crippen LogP contribution < -0.4 is 11.2 Å². The van der Waals surface area contributed by atoms with Crippen LogP contribution in [0.1, 0.15) is 31.1 Å². The number of aromatic nitrogens is 2. The minimum absolute atomic E-state index is 0.0773. The summed E-state index contributed by atoms with van der Waals surface area (Å²) < 4.78 is 53.3. The molecule has 31 heavy (non-hydrogen) atoms. The maximum absolute atomic E-state index is 12.2. The zero-order chi connectivity index (χ0) is 23.6. The van der Waals surface area contributed by atoms with Gasteiger partial charge in [0.15, 0.2) is 6.23 Å². The van der Waals surface area contributed by atoms with Crippen LogP contribution in [0.3, 0.4) is 0 Å². The lowest BCUT2D eigenvalue weighted by Crippen LogP contribution is -2.36. The summed E-state index contributed by atoms with van der Waals surface area (Å²) in [6, 6.07) is 0. The molecule has 1 fully saturated rings. The van der Waals surface area contributed by atoms with Crippen molar-refractivity contribution >= 4 is 23.5 Å². The SMILES string of the molecule is C=CCC[C@@H]1CC(OP(=O)(O)OP(=O)(O)OP(=O)(O)O)[C@H](n2cc(C)c(=O)[nH]c2=O)O1. The molecule has 2 rings (SSSR count). The summed E-state index contributed by atoms with van der Waals surface area (Å²) in [5, 5.41) is 0. The number of nitrogens with one attached hydrogen (secondary N) is 1. The molecule has 15 nitrogen and oxygen atoms in total. The number of ether oxygens (including phenoxy) is 1. The van der Waals surface area contributed by atoms with Crippen molar-refractivity contribution in [2.75, 3.05) is 0 Å². The van der Waals surface area contributed by atoms with Crippen LogP contribution in [0.15, 0.2) is 28.4 Å². The summed E-state index contributed by atoms with van der Waals surface area (Å²) in [5.74, 6) is 0. The largest absolute Gasteiger partial charge is 0.490 e. The van der Waals surface area contributed by atoms with Crippen LogP contribution in [-0.2, 0) is 31.6 Å². The van der Waals surface area contributed by atoms with E-state index in [1.54, 1.807) is 6.08 Å². The number of phosphoric acid groups is 3. The topological polar surface area (TPSA) is 224 Å². The molecule has 1 aliphatic heterocycles. The van der Waals surface area contributed by atoms with Crippen molar-refractivity contribution in [2.24, 2.45) is 0 Å². The molecule has 5 atom stereocenters. The van der Waals surface area contributed by atoms with E-state index in [4.69, 9.17) is 19.0 Å². The van der Waals surface area contributed by atoms with Gasteiger partial charge in [0.25, 0.3) is 5.56 Å². The molecule has 1 aliphatic rings. The summed E-state index contributed by atoms with van der Waals surface area (Å²) in [5.41, 5.74) is -1.45. The number of aromatic amines is 1. The Labute approximate surface area is 174 Å². The van der Waals surface area contributed by atoms with Crippen LogP contribution in [0.4, 0.5) is 0 Å². The predicted octanol–water partition coefficient (Wildman–Crippen LogP) is 0.811. The summed E-state index contributed by atoms with van der Waals surface area (Å²) in [7, 11) is -16.7. The van der Waals surface area contributed by atoms with Gasteiger partial charge in [-0.15, -0.1) is 6.58 Å². The summed E-state index contributed by atoms with van der Waals surface area (Å²) in [6.45, 7) is 4.96. The van der Waals surface area contributed by atoms with Gasteiger partial charge < -0.3 is 24.3 Å². The fourth-order valence-corrected chi connectivity index (χ4v) is 5.98. The highest BCUT2D eigenvalue weighted by Crippen LogP contribution is 2.67. The highest BCUT2D eigenvalue weighted by molar-refractivity contribution is 7.66. The Morgan fingerprint density at radius 1 is 1.23 bits per heavy atom. The minimum atomic E-state index is -5.71.